The minimum Gasteiger partial charge on any atom is -0.461 e. The third kappa shape index (κ3) is 5.21. The van der Waals surface area contributed by atoms with Crippen LogP contribution in [0.15, 0.2) is 36.9 Å². The molecule has 1 amide bonds. The van der Waals surface area contributed by atoms with Gasteiger partial charge >= 0.3 is 12.1 Å². The second-order valence-corrected chi connectivity index (χ2v) is 4.67. The van der Waals surface area contributed by atoms with Crippen LogP contribution in [0.5, 0.6) is 0 Å². The molecule has 0 spiro atoms. The number of amides is 1. The fourth-order valence-corrected chi connectivity index (χ4v) is 1.98. The third-order valence-corrected chi connectivity index (χ3v) is 3.06. The summed E-state index contributed by atoms with van der Waals surface area (Å²) in [7, 11) is 1.15. The molecule has 1 unspecified atom stereocenters. The second kappa shape index (κ2) is 8.67. The normalized spacial score (nSPS) is 12.7. The van der Waals surface area contributed by atoms with Gasteiger partial charge in [-0.15, -0.1) is 0 Å². The van der Waals surface area contributed by atoms with Gasteiger partial charge in [-0.3, -0.25) is 9.59 Å². The summed E-state index contributed by atoms with van der Waals surface area (Å²) in [5, 5.41) is 2.41. The molecule has 1 aromatic carbocycles. The molecule has 0 aliphatic carbocycles. The number of ketones is 1. The number of hydrogen-bond acceptors (Lipinski definition) is 5. The Bertz CT molecular complexity index is 585. The van der Waals surface area contributed by atoms with Crippen molar-refractivity contribution < 1.29 is 28.2 Å². The summed E-state index contributed by atoms with van der Waals surface area (Å²) in [5.74, 6) is -3.10. The molecule has 0 radical (unpaired) electrons. The van der Waals surface area contributed by atoms with Crippen molar-refractivity contribution in [2.45, 2.75) is 13.0 Å². The van der Waals surface area contributed by atoms with Crippen LogP contribution in [0.2, 0.25) is 0 Å². The standard InChI is InChI=1S/C16H18FNO5/c1-4-9-23-15(20)13(10(2)19)14(18-16(21)22-3)11-5-7-12(17)8-6-11/h4-8,13-14H,1,9H2,2-3H3,(H,18,21)/t13?,14-/m0/s1. The number of carbonyl (C=O) groups is 3. The van der Waals surface area contributed by atoms with E-state index in [1.165, 1.54) is 25.1 Å². The first-order chi connectivity index (χ1) is 10.9. The quantitative estimate of drug-likeness (QED) is 0.472. The van der Waals surface area contributed by atoms with Crippen molar-refractivity contribution in [2.24, 2.45) is 5.92 Å². The molecule has 0 heterocycles. The Morgan fingerprint density at radius 1 is 1.30 bits per heavy atom. The molecule has 23 heavy (non-hydrogen) atoms. The van der Waals surface area contributed by atoms with E-state index in [0.717, 1.165) is 19.2 Å². The first-order valence-corrected chi connectivity index (χ1v) is 6.78. The van der Waals surface area contributed by atoms with E-state index in [-0.39, 0.29) is 6.61 Å². The molecular formula is C16H18FNO5. The number of carbonyl (C=O) groups excluding carboxylic acids is 3. The van der Waals surface area contributed by atoms with E-state index in [2.05, 4.69) is 16.6 Å². The van der Waals surface area contributed by atoms with Gasteiger partial charge in [0, 0.05) is 0 Å². The van der Waals surface area contributed by atoms with Gasteiger partial charge in [-0.2, -0.15) is 0 Å². The van der Waals surface area contributed by atoms with E-state index in [4.69, 9.17) is 4.74 Å². The number of Topliss-reactive ketones (excluding diaryl/α,β-unsaturated/α-hetero) is 1. The SMILES string of the molecule is C=CCOC(=O)C(C(C)=O)[C@@H](NC(=O)OC)c1ccc(F)cc1. The van der Waals surface area contributed by atoms with Crippen LogP contribution in [-0.4, -0.2) is 31.6 Å². The largest absolute Gasteiger partial charge is 0.461 e. The summed E-state index contributed by atoms with van der Waals surface area (Å²) < 4.78 is 22.5. The van der Waals surface area contributed by atoms with Crippen LogP contribution < -0.4 is 5.32 Å². The average molecular weight is 323 g/mol. The number of alkyl carbamates (subject to hydrolysis) is 1. The third-order valence-electron chi connectivity index (χ3n) is 3.06. The summed E-state index contributed by atoms with van der Waals surface area (Å²) in [5.41, 5.74) is 0.368. The Kier molecular flexibility index (Phi) is 6.92. The molecule has 0 fully saturated rings. The Labute approximate surface area is 133 Å². The van der Waals surface area contributed by atoms with E-state index < -0.39 is 35.6 Å². The molecule has 2 atom stereocenters. The number of halogens is 1. The van der Waals surface area contributed by atoms with Gasteiger partial charge in [-0.25, -0.2) is 9.18 Å². The molecule has 0 aliphatic heterocycles. The van der Waals surface area contributed by atoms with Crippen LogP contribution in [0, 0.1) is 11.7 Å². The van der Waals surface area contributed by atoms with Gasteiger partial charge in [-0.1, -0.05) is 24.8 Å². The average Bonchev–Trinajstić information content (AvgIpc) is 2.52. The lowest BCUT2D eigenvalue weighted by molar-refractivity contribution is -0.151. The molecule has 1 aromatic rings. The van der Waals surface area contributed by atoms with Gasteiger partial charge in [0.15, 0.2) is 0 Å². The fraction of sp³-hybridized carbons (Fsp3) is 0.312. The van der Waals surface area contributed by atoms with Gasteiger partial charge in [0.25, 0.3) is 0 Å². The van der Waals surface area contributed by atoms with Crippen molar-refractivity contribution in [3.8, 4) is 0 Å². The lowest BCUT2D eigenvalue weighted by atomic mass is 9.90. The van der Waals surface area contributed by atoms with Crippen molar-refractivity contribution in [1.82, 2.24) is 5.32 Å². The van der Waals surface area contributed by atoms with Crippen molar-refractivity contribution in [3.05, 3.63) is 48.3 Å². The summed E-state index contributed by atoms with van der Waals surface area (Å²) >= 11 is 0. The van der Waals surface area contributed by atoms with Gasteiger partial charge in [0.1, 0.15) is 24.1 Å². The molecule has 0 aliphatic rings. The number of esters is 1. The molecule has 6 nitrogen and oxygen atoms in total. The zero-order valence-electron chi connectivity index (χ0n) is 12.9. The highest BCUT2D eigenvalue weighted by atomic mass is 19.1. The monoisotopic (exact) mass is 323 g/mol. The molecule has 0 bridgehead atoms. The van der Waals surface area contributed by atoms with Gasteiger partial charge in [0.05, 0.1) is 13.2 Å². The first kappa shape index (κ1) is 18.3. The van der Waals surface area contributed by atoms with Crippen molar-refractivity contribution in [3.63, 3.8) is 0 Å². The molecule has 0 saturated carbocycles. The maximum absolute atomic E-state index is 13.1. The maximum Gasteiger partial charge on any atom is 0.407 e. The molecule has 1 N–H and O–H groups in total. The van der Waals surface area contributed by atoms with Gasteiger partial charge < -0.3 is 14.8 Å². The zero-order valence-corrected chi connectivity index (χ0v) is 12.9. The van der Waals surface area contributed by atoms with E-state index in [9.17, 15) is 18.8 Å². The fourth-order valence-electron chi connectivity index (χ4n) is 1.98. The molecule has 124 valence electrons. The molecular weight excluding hydrogens is 305 g/mol. The van der Waals surface area contributed by atoms with Crippen molar-refractivity contribution in [2.75, 3.05) is 13.7 Å². The van der Waals surface area contributed by atoms with Crippen LogP contribution in [0.1, 0.15) is 18.5 Å². The summed E-state index contributed by atoms with van der Waals surface area (Å²) in [4.78, 5) is 35.6. The molecule has 7 heteroatoms. The minimum absolute atomic E-state index is 0.0724. The minimum atomic E-state index is -1.29. The predicted octanol–water partition coefficient (Wildman–Crippen LogP) is 2.16. The van der Waals surface area contributed by atoms with Crippen LogP contribution in [0.4, 0.5) is 9.18 Å². The van der Waals surface area contributed by atoms with E-state index in [1.807, 2.05) is 0 Å². The Hall–Kier alpha value is -2.70. The topological polar surface area (TPSA) is 81.7 Å². The van der Waals surface area contributed by atoms with Crippen molar-refractivity contribution >= 4 is 17.8 Å². The lowest BCUT2D eigenvalue weighted by Gasteiger charge is -2.24. The smallest absolute Gasteiger partial charge is 0.407 e. The van der Waals surface area contributed by atoms with Crippen LogP contribution in [-0.2, 0) is 19.1 Å². The van der Waals surface area contributed by atoms with Gasteiger partial charge in [0.2, 0.25) is 0 Å². The summed E-state index contributed by atoms with van der Waals surface area (Å²) in [6.45, 7) is 4.55. The lowest BCUT2D eigenvalue weighted by Crippen LogP contribution is -2.40. The number of nitrogens with one attached hydrogen (secondary N) is 1. The first-order valence-electron chi connectivity index (χ1n) is 6.78. The molecule has 0 saturated heterocycles. The highest BCUT2D eigenvalue weighted by molar-refractivity contribution is 5.99. The van der Waals surface area contributed by atoms with Crippen molar-refractivity contribution in [1.29, 1.82) is 0 Å². The molecule has 0 aromatic heterocycles. The predicted molar refractivity (Wildman–Crippen MR) is 80.0 cm³/mol. The maximum atomic E-state index is 13.1. The van der Waals surface area contributed by atoms with E-state index in [0.29, 0.717) is 5.56 Å². The molecule has 1 rings (SSSR count). The second-order valence-electron chi connectivity index (χ2n) is 4.67. The number of methoxy groups -OCH3 is 1. The Balaban J connectivity index is 3.19. The number of hydrogen-bond donors (Lipinski definition) is 1. The number of ether oxygens (including phenoxy) is 2. The number of benzene rings is 1. The highest BCUT2D eigenvalue weighted by Crippen LogP contribution is 2.25. The summed E-state index contributed by atoms with van der Waals surface area (Å²) in [6, 6.07) is 4.01. The Morgan fingerprint density at radius 3 is 2.39 bits per heavy atom. The van der Waals surface area contributed by atoms with E-state index >= 15 is 0 Å². The van der Waals surface area contributed by atoms with Crippen LogP contribution in [0.25, 0.3) is 0 Å². The zero-order chi connectivity index (χ0) is 17.4. The van der Waals surface area contributed by atoms with Crippen LogP contribution >= 0.6 is 0 Å². The summed E-state index contributed by atoms with van der Waals surface area (Å²) in [6.07, 6.45) is 0.525. The van der Waals surface area contributed by atoms with Crippen LogP contribution in [0.3, 0.4) is 0 Å². The number of rotatable bonds is 7. The highest BCUT2D eigenvalue weighted by Gasteiger charge is 2.36. The Morgan fingerprint density at radius 2 is 1.91 bits per heavy atom. The van der Waals surface area contributed by atoms with Gasteiger partial charge in [-0.05, 0) is 24.6 Å². The van der Waals surface area contributed by atoms with E-state index in [1.54, 1.807) is 0 Å².